The van der Waals surface area contributed by atoms with Crippen molar-refractivity contribution in [3.05, 3.63) is 70.7 Å². The molecule has 1 atom stereocenters. The van der Waals surface area contributed by atoms with Crippen LogP contribution in [0.3, 0.4) is 0 Å². The molecular formula is C20H20N4O7S. The number of hydrogen-bond acceptors (Lipinski definition) is 9. The lowest BCUT2D eigenvalue weighted by Gasteiger charge is -2.34. The lowest BCUT2D eigenvalue weighted by atomic mass is 10.2. The number of para-hydroxylation sites is 2. The number of H-pyrrole nitrogens is 1. The fraction of sp³-hybridized carbons (Fsp3) is 0.250. The molecule has 1 aliphatic rings. The molecule has 0 saturated carbocycles. The van der Waals surface area contributed by atoms with Crippen LogP contribution in [0, 0.1) is 0 Å². The van der Waals surface area contributed by atoms with E-state index < -0.39 is 27.2 Å². The van der Waals surface area contributed by atoms with Crippen LogP contribution in [0.1, 0.15) is 12.0 Å². The summed E-state index contributed by atoms with van der Waals surface area (Å²) in [5.41, 5.74) is 0.933. The number of aromatic nitrogens is 2. The van der Waals surface area contributed by atoms with Gasteiger partial charge in [0.25, 0.3) is 0 Å². The summed E-state index contributed by atoms with van der Waals surface area (Å²) >= 11 is 0. The Hall–Kier alpha value is -3.80. The molecule has 12 heteroatoms. The molecule has 0 aliphatic carbocycles. The average Bonchev–Trinajstić information content (AvgIpc) is 3.22. The number of anilines is 2. The van der Waals surface area contributed by atoms with Gasteiger partial charge in [0.2, 0.25) is 5.95 Å². The monoisotopic (exact) mass is 460 g/mol. The van der Waals surface area contributed by atoms with E-state index in [1.54, 1.807) is 48.5 Å². The van der Waals surface area contributed by atoms with Gasteiger partial charge in [-0.2, -0.15) is 8.42 Å². The highest BCUT2D eigenvalue weighted by Crippen LogP contribution is 2.36. The third-order valence-electron chi connectivity index (χ3n) is 4.70. The Balaban J connectivity index is 1.46. The van der Waals surface area contributed by atoms with Gasteiger partial charge in [-0.1, -0.05) is 42.5 Å². The molecule has 0 saturated heterocycles. The molecule has 11 nitrogen and oxygen atoms in total. The van der Waals surface area contributed by atoms with Gasteiger partial charge in [0, 0.05) is 13.0 Å². The predicted octanol–water partition coefficient (Wildman–Crippen LogP) is 2.10. The second-order valence-electron chi connectivity index (χ2n) is 6.93. The van der Waals surface area contributed by atoms with Crippen LogP contribution in [0.5, 0.6) is 5.75 Å². The minimum Gasteiger partial charge on any atom is -0.486 e. The first-order valence-corrected chi connectivity index (χ1v) is 11.2. The number of fused-ring (bicyclic) bond motifs is 1. The molecule has 2 heterocycles. The number of benzene rings is 2. The van der Waals surface area contributed by atoms with Crippen LogP contribution in [-0.2, 0) is 21.4 Å². The largest absolute Gasteiger partial charge is 0.486 e. The van der Waals surface area contributed by atoms with Crippen LogP contribution in [0.15, 0.2) is 63.9 Å². The van der Waals surface area contributed by atoms with Crippen molar-refractivity contribution in [3.63, 3.8) is 0 Å². The Labute approximate surface area is 183 Å². The molecule has 0 amide bonds. The maximum atomic E-state index is 13.0. The van der Waals surface area contributed by atoms with E-state index >= 15 is 0 Å². The van der Waals surface area contributed by atoms with Gasteiger partial charge in [0.15, 0.2) is 0 Å². The van der Waals surface area contributed by atoms with Gasteiger partial charge in [-0.25, -0.2) is 9.59 Å². The van der Waals surface area contributed by atoms with Crippen molar-refractivity contribution in [2.75, 3.05) is 22.7 Å². The summed E-state index contributed by atoms with van der Waals surface area (Å²) in [4.78, 5) is 25.8. The number of carbonyl (C=O) groups is 1. The normalized spacial score (nSPS) is 15.5. The second-order valence-corrected chi connectivity index (χ2v) is 8.65. The van der Waals surface area contributed by atoms with Gasteiger partial charge in [-0.15, -0.1) is 0 Å². The molecule has 0 fully saturated rings. The number of nitrogens with one attached hydrogen (secondary N) is 2. The molecule has 1 aromatic heterocycles. The van der Waals surface area contributed by atoms with Crippen molar-refractivity contribution in [1.82, 2.24) is 10.1 Å². The molecule has 32 heavy (non-hydrogen) atoms. The maximum absolute atomic E-state index is 13.0. The zero-order chi connectivity index (χ0) is 22.6. The first-order valence-electron chi connectivity index (χ1n) is 9.72. The number of hydrogen-bond donors (Lipinski definition) is 2. The Morgan fingerprint density at radius 2 is 1.94 bits per heavy atom. The number of ether oxygens (including phenoxy) is 2. The van der Waals surface area contributed by atoms with E-state index in [4.69, 9.17) is 9.47 Å². The topological polar surface area (TPSA) is 144 Å². The first kappa shape index (κ1) is 21.4. The van der Waals surface area contributed by atoms with Crippen LogP contribution in [0.4, 0.5) is 16.4 Å². The highest BCUT2D eigenvalue weighted by molar-refractivity contribution is 8.06. The number of nitrogens with zero attached hydrogens (tertiary/aromatic N) is 2. The first-order chi connectivity index (χ1) is 15.4. The van der Waals surface area contributed by atoms with Crippen LogP contribution >= 0.6 is 0 Å². The fourth-order valence-electron chi connectivity index (χ4n) is 3.18. The number of carbonyl (C=O) groups excluding carboxylic acids is 1. The Kier molecular flexibility index (Phi) is 6.12. The molecule has 0 radical (unpaired) electrons. The minimum absolute atomic E-state index is 0.0865. The van der Waals surface area contributed by atoms with E-state index in [1.807, 2.05) is 6.07 Å². The van der Waals surface area contributed by atoms with Crippen molar-refractivity contribution < 1.29 is 27.2 Å². The average molecular weight is 460 g/mol. The van der Waals surface area contributed by atoms with Gasteiger partial charge in [0.1, 0.15) is 18.5 Å². The molecule has 3 aromatic rings. The Morgan fingerprint density at radius 3 is 2.69 bits per heavy atom. The molecule has 168 valence electrons. The van der Waals surface area contributed by atoms with Crippen molar-refractivity contribution in [2.45, 2.75) is 19.1 Å². The summed E-state index contributed by atoms with van der Waals surface area (Å²) in [6.45, 7) is 0.0621. The summed E-state index contributed by atoms with van der Waals surface area (Å²) < 4.78 is 42.4. The van der Waals surface area contributed by atoms with Crippen molar-refractivity contribution >= 4 is 27.0 Å². The van der Waals surface area contributed by atoms with Crippen LogP contribution in [0.2, 0.25) is 0 Å². The third-order valence-corrected chi connectivity index (χ3v) is 6.16. The van der Waals surface area contributed by atoms with E-state index in [2.05, 4.69) is 20.0 Å². The van der Waals surface area contributed by atoms with Gasteiger partial charge in [-0.3, -0.25) is 13.8 Å². The zero-order valence-electron chi connectivity index (χ0n) is 16.8. The molecule has 0 spiro atoms. The Morgan fingerprint density at radius 1 is 1.19 bits per heavy atom. The van der Waals surface area contributed by atoms with E-state index in [0.717, 1.165) is 4.31 Å². The molecule has 0 unspecified atom stereocenters. The number of rotatable bonds is 7. The fourth-order valence-corrected chi connectivity index (χ4v) is 4.34. The highest BCUT2D eigenvalue weighted by Gasteiger charge is 2.39. The molecular weight excluding hydrogens is 440 g/mol. The standard InChI is InChI=1S/C20H20N4O7S/c25-19-22-18(23-31-19)21-11-10-15-12-24(16-8-4-5-9-17(16)30-15)32(27,28)20(26)29-13-14-6-2-1-3-7-14/h1-9,15H,10-13H2,(H2,21,22,23,25)/t15-/m0/s1. The summed E-state index contributed by atoms with van der Waals surface area (Å²) in [6, 6.07) is 15.4. The van der Waals surface area contributed by atoms with Crippen molar-refractivity contribution in [1.29, 1.82) is 0 Å². The lowest BCUT2D eigenvalue weighted by Crippen LogP contribution is -2.46. The third kappa shape index (κ3) is 4.75. The number of aromatic amines is 1. The molecule has 0 bridgehead atoms. The van der Waals surface area contributed by atoms with Gasteiger partial charge < -0.3 is 14.8 Å². The summed E-state index contributed by atoms with van der Waals surface area (Å²) in [7, 11) is -4.46. The van der Waals surface area contributed by atoms with Gasteiger partial charge >= 0.3 is 21.1 Å². The smallest absolute Gasteiger partial charge is 0.445 e. The van der Waals surface area contributed by atoms with Crippen molar-refractivity contribution in [3.8, 4) is 5.75 Å². The second kappa shape index (κ2) is 9.14. The van der Waals surface area contributed by atoms with Crippen LogP contribution in [-0.4, -0.2) is 43.1 Å². The van der Waals surface area contributed by atoms with E-state index in [1.165, 1.54) is 0 Å². The molecule has 1 aliphatic heterocycles. The number of sulfonamides is 1. The lowest BCUT2D eigenvalue weighted by molar-refractivity contribution is 0.165. The summed E-state index contributed by atoms with van der Waals surface area (Å²) in [5, 5.41) is 5.01. The van der Waals surface area contributed by atoms with Gasteiger partial charge in [0.05, 0.1) is 12.2 Å². The Bertz CT molecular complexity index is 1240. The van der Waals surface area contributed by atoms with Gasteiger partial charge in [-0.05, 0) is 22.9 Å². The minimum atomic E-state index is -4.46. The summed E-state index contributed by atoms with van der Waals surface area (Å²) in [5.74, 6) is -0.208. The molecule has 4 rings (SSSR count). The molecule has 2 N–H and O–H groups in total. The highest BCUT2D eigenvalue weighted by atomic mass is 32.2. The van der Waals surface area contributed by atoms with Crippen LogP contribution < -0.4 is 20.1 Å². The van der Waals surface area contributed by atoms with E-state index in [-0.39, 0.29) is 24.8 Å². The van der Waals surface area contributed by atoms with E-state index in [0.29, 0.717) is 24.3 Å². The zero-order valence-corrected chi connectivity index (χ0v) is 17.6. The predicted molar refractivity (Wildman–Crippen MR) is 114 cm³/mol. The van der Waals surface area contributed by atoms with E-state index in [9.17, 15) is 18.0 Å². The van der Waals surface area contributed by atoms with Crippen molar-refractivity contribution in [2.24, 2.45) is 0 Å². The quantitative estimate of drug-likeness (QED) is 0.506. The molecule has 2 aromatic carbocycles. The SMILES string of the molecule is O=C(OCc1ccccc1)S(=O)(=O)N1C[C@H](CCNc2noc(=O)[nH]2)Oc2ccccc21. The van der Waals surface area contributed by atoms with Crippen LogP contribution in [0.25, 0.3) is 0 Å². The maximum Gasteiger partial charge on any atom is 0.445 e. The summed E-state index contributed by atoms with van der Waals surface area (Å²) in [6.07, 6.45) is -0.207.